The van der Waals surface area contributed by atoms with Crippen LogP contribution in [0.3, 0.4) is 0 Å². The Balaban J connectivity index is 1.37. The number of nitrogen functional groups attached to an aromatic ring is 1. The molecule has 0 saturated carbocycles. The summed E-state index contributed by atoms with van der Waals surface area (Å²) in [5.74, 6) is 0. The summed E-state index contributed by atoms with van der Waals surface area (Å²) in [7, 11) is 0. The molecule has 188 valence electrons. The third kappa shape index (κ3) is 6.87. The van der Waals surface area contributed by atoms with E-state index in [1.54, 1.807) is 43.0 Å². The van der Waals surface area contributed by atoms with E-state index in [2.05, 4.69) is 19.9 Å². The quantitative estimate of drug-likeness (QED) is 0.299. The van der Waals surface area contributed by atoms with Crippen LogP contribution in [0.2, 0.25) is 10.0 Å². The molecule has 1 unspecified atom stereocenters. The first-order valence-corrected chi connectivity index (χ1v) is 12.3. The van der Waals surface area contributed by atoms with Gasteiger partial charge in [0.25, 0.3) is 0 Å². The topological polar surface area (TPSA) is 110 Å². The van der Waals surface area contributed by atoms with Crippen LogP contribution in [0.5, 0.6) is 0 Å². The van der Waals surface area contributed by atoms with Crippen LogP contribution in [0, 0.1) is 5.41 Å². The van der Waals surface area contributed by atoms with Crippen LogP contribution >= 0.6 is 23.2 Å². The van der Waals surface area contributed by atoms with Crippen LogP contribution in [0.1, 0.15) is 41.1 Å². The summed E-state index contributed by atoms with van der Waals surface area (Å²) in [4.78, 5) is 15.2. The Morgan fingerprint density at radius 3 is 2.61 bits per heavy atom. The molecule has 1 saturated heterocycles. The van der Waals surface area contributed by atoms with Crippen molar-refractivity contribution >= 4 is 40.7 Å². The molecule has 1 aliphatic rings. The summed E-state index contributed by atoms with van der Waals surface area (Å²) >= 11 is 12.5. The molecule has 2 aromatic heterocycles. The lowest BCUT2D eigenvalue weighted by molar-refractivity contribution is 0.0336. The average molecular weight is 527 g/mol. The van der Waals surface area contributed by atoms with E-state index in [0.29, 0.717) is 39.2 Å². The number of rotatable bonds is 9. The fraction of sp³-hybridized carbons (Fsp3) is 0.308. The van der Waals surface area contributed by atoms with Gasteiger partial charge in [0.05, 0.1) is 65.5 Å². The zero-order valence-corrected chi connectivity index (χ0v) is 21.5. The Kier molecular flexibility index (Phi) is 9.01. The number of nitrogens with zero attached hydrogens (tertiary/aromatic N) is 4. The second-order valence-corrected chi connectivity index (χ2v) is 9.27. The molecular formula is C26H28Cl2N6O2. The second-order valence-electron chi connectivity index (χ2n) is 8.46. The fourth-order valence-electron chi connectivity index (χ4n) is 3.82. The molecule has 1 aromatic carbocycles. The van der Waals surface area contributed by atoms with Gasteiger partial charge in [0.1, 0.15) is 0 Å². The molecule has 0 radical (unpaired) electrons. The Morgan fingerprint density at radius 1 is 1.17 bits per heavy atom. The van der Waals surface area contributed by atoms with Crippen LogP contribution in [0.15, 0.2) is 49.1 Å². The van der Waals surface area contributed by atoms with E-state index in [1.807, 2.05) is 19.1 Å². The lowest BCUT2D eigenvalue weighted by Gasteiger charge is -2.25. The number of anilines is 1. The van der Waals surface area contributed by atoms with Crippen LogP contribution in [-0.2, 0) is 22.6 Å². The van der Waals surface area contributed by atoms with Crippen molar-refractivity contribution in [2.24, 2.45) is 0 Å². The Bertz CT molecular complexity index is 1210. The first-order valence-electron chi connectivity index (χ1n) is 11.6. The number of hydrogen-bond acceptors (Lipinski definition) is 8. The maximum atomic E-state index is 8.52. The smallest absolute Gasteiger partial charge is 0.0831 e. The highest BCUT2D eigenvalue weighted by Crippen LogP contribution is 2.32. The summed E-state index contributed by atoms with van der Waals surface area (Å²) in [5, 5.41) is 9.43. The molecule has 3 N–H and O–H groups in total. The summed E-state index contributed by atoms with van der Waals surface area (Å²) in [6, 6.07) is 5.49. The predicted octanol–water partition coefficient (Wildman–Crippen LogP) is 4.95. The van der Waals surface area contributed by atoms with Gasteiger partial charge >= 0.3 is 0 Å². The molecule has 0 bridgehead atoms. The molecule has 1 aliphatic heterocycles. The third-order valence-corrected chi connectivity index (χ3v) is 6.44. The number of aromatic nitrogens is 3. The van der Waals surface area contributed by atoms with E-state index < -0.39 is 0 Å². The van der Waals surface area contributed by atoms with Crippen molar-refractivity contribution in [3.63, 3.8) is 0 Å². The van der Waals surface area contributed by atoms with Gasteiger partial charge < -0.3 is 20.6 Å². The molecule has 3 heterocycles. The molecule has 0 amide bonds. The highest BCUT2D eigenvalue weighted by atomic mass is 35.5. The first kappa shape index (κ1) is 26.2. The summed E-state index contributed by atoms with van der Waals surface area (Å²) in [6.07, 6.45) is 9.65. The number of pyridine rings is 1. The van der Waals surface area contributed by atoms with Gasteiger partial charge in [-0.25, -0.2) is 0 Å². The van der Waals surface area contributed by atoms with Gasteiger partial charge in [0.2, 0.25) is 0 Å². The van der Waals surface area contributed by atoms with Crippen molar-refractivity contribution in [1.29, 1.82) is 5.41 Å². The van der Waals surface area contributed by atoms with Crippen LogP contribution in [0.4, 0.5) is 5.69 Å². The molecule has 3 aromatic rings. The number of nitrogens with two attached hydrogens (primary N) is 1. The lowest BCUT2D eigenvalue weighted by Crippen LogP contribution is -2.35. The van der Waals surface area contributed by atoms with Crippen molar-refractivity contribution in [3.05, 3.63) is 87.2 Å². The Hall–Kier alpha value is -2.88. The molecule has 0 aliphatic carbocycles. The maximum Gasteiger partial charge on any atom is 0.0831 e. The maximum absolute atomic E-state index is 8.52. The molecule has 4 rings (SSSR count). The lowest BCUT2D eigenvalue weighted by atomic mass is 10.0. The zero-order chi connectivity index (χ0) is 25.5. The highest BCUT2D eigenvalue weighted by Gasteiger charge is 2.16. The minimum absolute atomic E-state index is 0.266. The predicted molar refractivity (Wildman–Crippen MR) is 142 cm³/mol. The molecule has 1 fully saturated rings. The van der Waals surface area contributed by atoms with E-state index in [1.165, 1.54) is 0 Å². The number of ether oxygens (including phenoxy) is 2. The highest BCUT2D eigenvalue weighted by molar-refractivity contribution is 6.35. The van der Waals surface area contributed by atoms with Crippen molar-refractivity contribution in [3.8, 4) is 0 Å². The van der Waals surface area contributed by atoms with Crippen LogP contribution < -0.4 is 5.73 Å². The third-order valence-electron chi connectivity index (χ3n) is 5.84. The van der Waals surface area contributed by atoms with Crippen molar-refractivity contribution in [2.75, 3.05) is 32.0 Å². The summed E-state index contributed by atoms with van der Waals surface area (Å²) < 4.78 is 11.4. The van der Waals surface area contributed by atoms with Gasteiger partial charge in [0.15, 0.2) is 0 Å². The van der Waals surface area contributed by atoms with Crippen molar-refractivity contribution < 1.29 is 9.47 Å². The Labute approximate surface area is 220 Å². The second kappa shape index (κ2) is 12.4. The number of halogens is 2. The molecule has 36 heavy (non-hydrogen) atoms. The Morgan fingerprint density at radius 2 is 1.92 bits per heavy atom. The number of allylic oxidation sites excluding steroid dienone is 1. The summed E-state index contributed by atoms with van der Waals surface area (Å²) in [6.45, 7) is 6.23. The number of nitrogens with one attached hydrogen (secondary N) is 1. The molecule has 8 nitrogen and oxygen atoms in total. The monoisotopic (exact) mass is 526 g/mol. The van der Waals surface area contributed by atoms with Gasteiger partial charge in [-0.05, 0) is 36.8 Å². The van der Waals surface area contributed by atoms with Crippen LogP contribution in [0.25, 0.3) is 6.08 Å². The van der Waals surface area contributed by atoms with Gasteiger partial charge in [-0.2, -0.15) is 0 Å². The van der Waals surface area contributed by atoms with Gasteiger partial charge in [-0.15, -0.1) is 0 Å². The van der Waals surface area contributed by atoms with E-state index in [0.717, 1.165) is 44.1 Å². The molecular weight excluding hydrogens is 499 g/mol. The van der Waals surface area contributed by atoms with Crippen molar-refractivity contribution in [1.82, 2.24) is 19.9 Å². The van der Waals surface area contributed by atoms with E-state index in [9.17, 15) is 0 Å². The van der Waals surface area contributed by atoms with E-state index >= 15 is 0 Å². The largest absolute Gasteiger partial charge is 0.398 e. The van der Waals surface area contributed by atoms with Crippen LogP contribution in [-0.4, -0.2) is 51.9 Å². The summed E-state index contributed by atoms with van der Waals surface area (Å²) in [5.41, 5.74) is 10.7. The number of benzene rings is 1. The number of hydrogen-bond donors (Lipinski definition) is 2. The zero-order valence-electron chi connectivity index (χ0n) is 20.0. The number of morpholine rings is 1. The SMILES string of the molecule is CC(OCc1ccc(N)c(C(=N)/C=C/c2cnc(CN3CCOCC3)cn2)c1)c1c(Cl)cncc1Cl. The van der Waals surface area contributed by atoms with Gasteiger partial charge in [-0.3, -0.25) is 19.9 Å². The average Bonchev–Trinajstić information content (AvgIpc) is 2.88. The first-order chi connectivity index (χ1) is 17.4. The molecule has 1 atom stereocenters. The minimum atomic E-state index is -0.335. The van der Waals surface area contributed by atoms with Gasteiger partial charge in [0, 0.05) is 48.8 Å². The molecule has 0 spiro atoms. The van der Waals surface area contributed by atoms with E-state index in [4.69, 9.17) is 43.8 Å². The molecule has 10 heteroatoms. The standard InChI is InChI=1S/C26H28Cl2N6O2/c1-17(26-22(27)13-31-14-23(26)28)36-16-18-2-4-24(29)21(10-18)25(30)5-3-19-11-33-20(12-32-19)15-34-6-8-35-9-7-34/h2-5,10-14,17,30H,6-9,15-16,29H2,1H3/b5-3+,30-25?. The fourth-order valence-corrected chi connectivity index (χ4v) is 4.49. The minimum Gasteiger partial charge on any atom is -0.398 e. The normalized spacial score (nSPS) is 15.3. The van der Waals surface area contributed by atoms with Gasteiger partial charge in [-0.1, -0.05) is 29.3 Å². The van der Waals surface area contributed by atoms with Crippen molar-refractivity contribution in [2.45, 2.75) is 26.2 Å². The van der Waals surface area contributed by atoms with E-state index in [-0.39, 0.29) is 11.8 Å².